The van der Waals surface area contributed by atoms with Crippen LogP contribution in [0.4, 0.5) is 0 Å². The van der Waals surface area contributed by atoms with Gasteiger partial charge in [-0.05, 0) is 51.4 Å². The number of phosphoric ester groups is 1. The van der Waals surface area contributed by atoms with Crippen LogP contribution in [0.2, 0.25) is 0 Å². The van der Waals surface area contributed by atoms with E-state index in [1.165, 1.54) is 89.9 Å². The van der Waals surface area contributed by atoms with E-state index in [2.05, 4.69) is 67.0 Å². The summed E-state index contributed by atoms with van der Waals surface area (Å²) in [4.78, 5) is 45.9. The topological polar surface area (TPSA) is 172 Å². The van der Waals surface area contributed by atoms with Gasteiger partial charge in [-0.25, -0.2) is 4.57 Å². The van der Waals surface area contributed by atoms with Crippen LogP contribution >= 0.6 is 7.82 Å². The van der Waals surface area contributed by atoms with Crippen molar-refractivity contribution in [2.24, 2.45) is 5.73 Å². The maximum atomic E-state index is 12.6. The Morgan fingerprint density at radius 3 is 1.47 bits per heavy atom. The average Bonchev–Trinajstić information content (AvgIpc) is 3.19. The van der Waals surface area contributed by atoms with Crippen molar-refractivity contribution in [3.8, 4) is 0 Å². The molecule has 0 aliphatic rings. The maximum Gasteiger partial charge on any atom is 0.472 e. The highest BCUT2D eigenvalue weighted by Crippen LogP contribution is 2.43. The molecule has 11 nitrogen and oxygen atoms in total. The Bertz CT molecular complexity index is 1150. The van der Waals surface area contributed by atoms with E-state index >= 15 is 0 Å². The van der Waals surface area contributed by atoms with Crippen molar-refractivity contribution in [1.82, 2.24) is 0 Å². The first kappa shape index (κ1) is 54.4. The highest BCUT2D eigenvalue weighted by molar-refractivity contribution is 7.47. The van der Waals surface area contributed by atoms with Crippen molar-refractivity contribution in [3.05, 3.63) is 48.6 Å². The van der Waals surface area contributed by atoms with Crippen LogP contribution in [0.3, 0.4) is 0 Å². The minimum atomic E-state index is -4.73. The number of hydrogen-bond acceptors (Lipinski definition) is 9. The van der Waals surface area contributed by atoms with Crippen LogP contribution < -0.4 is 5.73 Å². The zero-order valence-corrected chi connectivity index (χ0v) is 36.6. The first-order chi connectivity index (χ1) is 27.6. The summed E-state index contributed by atoms with van der Waals surface area (Å²) in [6, 6.07) is -1.53. The van der Waals surface area contributed by atoms with E-state index in [-0.39, 0.29) is 19.4 Å². The fourth-order valence-electron chi connectivity index (χ4n) is 5.88. The summed E-state index contributed by atoms with van der Waals surface area (Å²) in [6.45, 7) is 2.66. The number of rotatable bonds is 41. The van der Waals surface area contributed by atoms with E-state index < -0.39 is 51.1 Å². The molecule has 0 aliphatic heterocycles. The minimum Gasteiger partial charge on any atom is -0.480 e. The normalized spacial score (nSPS) is 14.2. The van der Waals surface area contributed by atoms with E-state index in [1.807, 2.05) is 0 Å². The van der Waals surface area contributed by atoms with Gasteiger partial charge in [-0.1, -0.05) is 172 Å². The van der Waals surface area contributed by atoms with Crippen LogP contribution in [0, 0.1) is 0 Å². The average molecular weight is 826 g/mol. The molecule has 0 bridgehead atoms. The molecule has 0 radical (unpaired) electrons. The molecule has 0 heterocycles. The lowest BCUT2D eigenvalue weighted by Crippen LogP contribution is -2.34. The van der Waals surface area contributed by atoms with Gasteiger partial charge in [0.1, 0.15) is 12.6 Å². The molecule has 57 heavy (non-hydrogen) atoms. The summed E-state index contributed by atoms with van der Waals surface area (Å²) in [5.74, 6) is -2.43. The third kappa shape index (κ3) is 40.0. The Morgan fingerprint density at radius 1 is 0.561 bits per heavy atom. The van der Waals surface area contributed by atoms with Gasteiger partial charge in [0.05, 0.1) is 13.2 Å². The highest BCUT2D eigenvalue weighted by atomic mass is 31.2. The Kier molecular flexibility index (Phi) is 38.4. The molecule has 3 atom stereocenters. The highest BCUT2D eigenvalue weighted by Gasteiger charge is 2.28. The molecule has 0 aliphatic carbocycles. The molecule has 4 N–H and O–H groups in total. The molecule has 12 heteroatoms. The van der Waals surface area contributed by atoms with Gasteiger partial charge in [-0.2, -0.15) is 0 Å². The molecule has 3 unspecified atom stereocenters. The second-order valence-electron chi connectivity index (χ2n) is 14.8. The van der Waals surface area contributed by atoms with Gasteiger partial charge in [-0.15, -0.1) is 0 Å². The lowest BCUT2D eigenvalue weighted by atomic mass is 10.0. The molecule has 0 fully saturated rings. The third-order valence-electron chi connectivity index (χ3n) is 9.34. The largest absolute Gasteiger partial charge is 0.480 e. The molecule has 330 valence electrons. The van der Waals surface area contributed by atoms with Gasteiger partial charge in [0, 0.05) is 12.8 Å². The number of carboxylic acid groups (broad SMARTS) is 1. The first-order valence-electron chi connectivity index (χ1n) is 22.2. The predicted octanol–water partition coefficient (Wildman–Crippen LogP) is 11.8. The first-order valence-corrected chi connectivity index (χ1v) is 23.7. The number of ether oxygens (including phenoxy) is 2. The van der Waals surface area contributed by atoms with Gasteiger partial charge in [0.25, 0.3) is 0 Å². The lowest BCUT2D eigenvalue weighted by molar-refractivity contribution is -0.161. The lowest BCUT2D eigenvalue weighted by Gasteiger charge is -2.20. The fourth-order valence-corrected chi connectivity index (χ4v) is 6.66. The van der Waals surface area contributed by atoms with Gasteiger partial charge in [0.15, 0.2) is 6.10 Å². The van der Waals surface area contributed by atoms with Gasteiger partial charge in [0.2, 0.25) is 0 Å². The van der Waals surface area contributed by atoms with Crippen molar-refractivity contribution in [2.75, 3.05) is 19.8 Å². The molecular weight excluding hydrogens is 745 g/mol. The summed E-state index contributed by atoms with van der Waals surface area (Å²) in [6.07, 6.45) is 44.7. The predicted molar refractivity (Wildman–Crippen MR) is 231 cm³/mol. The third-order valence-corrected chi connectivity index (χ3v) is 10.3. The van der Waals surface area contributed by atoms with Crippen molar-refractivity contribution < 1.29 is 47.5 Å². The zero-order chi connectivity index (χ0) is 42.1. The Balaban J connectivity index is 4.38. The van der Waals surface area contributed by atoms with E-state index in [1.54, 1.807) is 0 Å². The van der Waals surface area contributed by atoms with E-state index in [0.717, 1.165) is 57.8 Å². The van der Waals surface area contributed by atoms with Crippen LogP contribution in [-0.4, -0.2) is 59.9 Å². The smallest absolute Gasteiger partial charge is 0.472 e. The minimum absolute atomic E-state index is 0.109. The Morgan fingerprint density at radius 2 is 0.982 bits per heavy atom. The van der Waals surface area contributed by atoms with Crippen LogP contribution in [0.1, 0.15) is 187 Å². The van der Waals surface area contributed by atoms with E-state index in [9.17, 15) is 23.8 Å². The zero-order valence-electron chi connectivity index (χ0n) is 35.7. The fraction of sp³-hybridized carbons (Fsp3) is 0.756. The van der Waals surface area contributed by atoms with Crippen LogP contribution in [-0.2, 0) is 37.5 Å². The molecule has 0 aromatic carbocycles. The van der Waals surface area contributed by atoms with Crippen molar-refractivity contribution >= 4 is 25.7 Å². The number of allylic oxidation sites excluding steroid dienone is 8. The van der Waals surface area contributed by atoms with Gasteiger partial charge < -0.3 is 25.2 Å². The van der Waals surface area contributed by atoms with Crippen molar-refractivity contribution in [1.29, 1.82) is 0 Å². The molecule has 0 saturated heterocycles. The Hall–Kier alpha value is -2.56. The second-order valence-corrected chi connectivity index (χ2v) is 16.3. The summed E-state index contributed by atoms with van der Waals surface area (Å²) >= 11 is 0. The molecule has 0 saturated carbocycles. The summed E-state index contributed by atoms with van der Waals surface area (Å²) < 4.78 is 32.7. The molecule has 0 amide bonds. The quantitative estimate of drug-likeness (QED) is 0.0232. The SMILES string of the molecule is CC/C=C\C/C=C\C/C=C\C/C=C\CCCCC(=O)OC(COC(=O)CCCCCCCCCCCCCCCCCCCC)COP(=O)(O)OCC(N)C(=O)O. The van der Waals surface area contributed by atoms with Gasteiger partial charge >= 0.3 is 25.7 Å². The van der Waals surface area contributed by atoms with Crippen molar-refractivity contribution in [2.45, 2.75) is 199 Å². The van der Waals surface area contributed by atoms with Gasteiger partial charge in [-0.3, -0.25) is 23.4 Å². The molecule has 0 aromatic heterocycles. The van der Waals surface area contributed by atoms with E-state index in [4.69, 9.17) is 24.8 Å². The number of unbranched alkanes of at least 4 members (excludes halogenated alkanes) is 19. The number of carbonyl (C=O) groups excluding carboxylic acids is 2. The number of nitrogens with two attached hydrogens (primary N) is 1. The van der Waals surface area contributed by atoms with Crippen LogP contribution in [0.15, 0.2) is 48.6 Å². The summed E-state index contributed by atoms with van der Waals surface area (Å²) in [7, 11) is -4.73. The molecule has 0 spiro atoms. The maximum absolute atomic E-state index is 12.6. The number of esters is 2. The number of hydrogen-bond donors (Lipinski definition) is 3. The summed E-state index contributed by atoms with van der Waals surface area (Å²) in [5.41, 5.74) is 5.33. The molecule has 0 rings (SSSR count). The van der Waals surface area contributed by atoms with Crippen molar-refractivity contribution in [3.63, 3.8) is 0 Å². The summed E-state index contributed by atoms with van der Waals surface area (Å²) in [5, 5.41) is 8.89. The monoisotopic (exact) mass is 826 g/mol. The number of aliphatic carboxylic acids is 1. The van der Waals surface area contributed by atoms with E-state index in [0.29, 0.717) is 12.8 Å². The second kappa shape index (κ2) is 40.2. The number of carboxylic acids is 1. The molecule has 0 aromatic rings. The Labute approximate surface area is 345 Å². The van der Waals surface area contributed by atoms with Crippen LogP contribution in [0.25, 0.3) is 0 Å². The standard InChI is InChI=1S/C45H80NO10P/c1-3-5-7-9-11-13-15-17-19-20-21-23-24-26-28-30-32-34-36-43(47)53-38-41(39-54-57(51,52)55-40-42(46)45(49)50)56-44(48)37-35-33-31-29-27-25-22-18-16-14-12-10-8-6-4-2/h6,8,12,14,18,22,27,29,41-42H,3-5,7,9-11,13,15-17,19-21,23-26,28,30-40,46H2,1-2H3,(H,49,50)(H,51,52)/b8-6-,14-12-,22-18-,29-27-. The number of carbonyl (C=O) groups is 3. The van der Waals surface area contributed by atoms with Crippen LogP contribution in [0.5, 0.6) is 0 Å². The number of phosphoric acid groups is 1. The molecular formula is C45H80NO10P.